The number of ether oxygens (including phenoxy) is 1. The minimum absolute atomic E-state index is 0.326. The quantitative estimate of drug-likeness (QED) is 0.533. The molecule has 0 heterocycles. The Kier molecular flexibility index (Phi) is 3.53. The maximum atomic E-state index is 13.5. The summed E-state index contributed by atoms with van der Waals surface area (Å²) in [6.07, 6.45) is 5.42. The van der Waals surface area contributed by atoms with Gasteiger partial charge < -0.3 is 4.74 Å². The van der Waals surface area contributed by atoms with E-state index in [1.807, 2.05) is 0 Å². The van der Waals surface area contributed by atoms with Gasteiger partial charge in [-0.1, -0.05) is 6.08 Å². The van der Waals surface area contributed by atoms with Crippen LogP contribution in [0, 0.1) is 0 Å². The molecule has 0 amide bonds. The Morgan fingerprint density at radius 3 is 2.47 bits per heavy atom. The van der Waals surface area contributed by atoms with Crippen molar-refractivity contribution >= 4 is 5.97 Å². The minimum Gasteiger partial charge on any atom is -0.457 e. The third-order valence-corrected chi connectivity index (χ3v) is 2.39. The summed E-state index contributed by atoms with van der Waals surface area (Å²) in [6.45, 7) is 5.42. The zero-order valence-corrected chi connectivity index (χ0v) is 9.68. The molecule has 0 unspecified atom stereocenters. The van der Waals surface area contributed by atoms with E-state index < -0.39 is 17.2 Å². The maximum absolute atomic E-state index is 13.5. The van der Waals surface area contributed by atoms with Gasteiger partial charge in [-0.3, -0.25) is 0 Å². The normalized spacial score (nSPS) is 20.0. The molecule has 2 nitrogen and oxygen atoms in total. The summed E-state index contributed by atoms with van der Waals surface area (Å²) in [4.78, 5) is 11.2. The number of esters is 1. The smallest absolute Gasteiger partial charge is 0.330 e. The fraction of sp³-hybridized carbons (Fsp3) is 0.750. The van der Waals surface area contributed by atoms with Gasteiger partial charge in [0.2, 0.25) is 0 Å². The van der Waals surface area contributed by atoms with E-state index >= 15 is 0 Å². The van der Waals surface area contributed by atoms with Gasteiger partial charge >= 0.3 is 5.97 Å². The second kappa shape index (κ2) is 4.33. The highest BCUT2D eigenvalue weighted by Gasteiger charge is 2.35. The third kappa shape index (κ3) is 4.45. The summed E-state index contributed by atoms with van der Waals surface area (Å²) in [5.41, 5.74) is -1.54. The SMILES string of the molecule is CC(C)(C)OC(=O)/C=C/CC1(F)CCC1. The summed E-state index contributed by atoms with van der Waals surface area (Å²) >= 11 is 0. The average Bonchev–Trinajstić information content (AvgIpc) is 1.97. The van der Waals surface area contributed by atoms with Gasteiger partial charge in [0.25, 0.3) is 0 Å². The summed E-state index contributed by atoms with van der Waals surface area (Å²) in [5.74, 6) is -0.398. The van der Waals surface area contributed by atoms with Gasteiger partial charge in [-0.05, 0) is 46.5 Å². The van der Waals surface area contributed by atoms with Crippen molar-refractivity contribution in [2.75, 3.05) is 0 Å². The average molecular weight is 214 g/mol. The number of halogens is 1. The summed E-state index contributed by atoms with van der Waals surface area (Å²) in [6, 6.07) is 0. The van der Waals surface area contributed by atoms with Crippen LogP contribution in [-0.4, -0.2) is 17.2 Å². The molecular weight excluding hydrogens is 195 g/mol. The standard InChI is InChI=1S/C12H19FO2/c1-11(2,3)15-10(14)6-4-7-12(13)8-5-9-12/h4,6H,5,7-9H2,1-3H3/b6-4+. The monoisotopic (exact) mass is 214 g/mol. The van der Waals surface area contributed by atoms with Crippen molar-refractivity contribution in [1.29, 1.82) is 0 Å². The van der Waals surface area contributed by atoms with Crippen LogP contribution in [0.3, 0.4) is 0 Å². The van der Waals surface area contributed by atoms with E-state index in [-0.39, 0.29) is 0 Å². The summed E-state index contributed by atoms with van der Waals surface area (Å²) in [5, 5.41) is 0. The molecule has 0 atom stereocenters. The van der Waals surface area contributed by atoms with Crippen LogP contribution >= 0.6 is 0 Å². The maximum Gasteiger partial charge on any atom is 0.330 e. The number of carbonyl (C=O) groups is 1. The highest BCUT2D eigenvalue weighted by Crippen LogP contribution is 2.38. The molecule has 86 valence electrons. The Balaban J connectivity index is 2.28. The van der Waals surface area contributed by atoms with Crippen LogP contribution in [0.25, 0.3) is 0 Å². The molecule has 0 aromatic rings. The van der Waals surface area contributed by atoms with Gasteiger partial charge in [0.05, 0.1) is 0 Å². The zero-order chi connectivity index (χ0) is 11.5. The lowest BCUT2D eigenvalue weighted by Gasteiger charge is -2.32. The fourth-order valence-electron chi connectivity index (χ4n) is 1.47. The molecule has 0 spiro atoms. The first kappa shape index (κ1) is 12.2. The first-order valence-electron chi connectivity index (χ1n) is 5.39. The molecule has 1 rings (SSSR count). The number of hydrogen-bond donors (Lipinski definition) is 0. The lowest BCUT2D eigenvalue weighted by Crippen LogP contribution is -2.30. The van der Waals surface area contributed by atoms with E-state index in [4.69, 9.17) is 4.74 Å². The van der Waals surface area contributed by atoms with Gasteiger partial charge in [-0.2, -0.15) is 0 Å². The molecule has 0 radical (unpaired) electrons. The van der Waals surface area contributed by atoms with Crippen LogP contribution < -0.4 is 0 Å². The molecule has 0 aliphatic heterocycles. The van der Waals surface area contributed by atoms with Crippen molar-refractivity contribution in [3.05, 3.63) is 12.2 Å². The number of rotatable bonds is 3. The first-order chi connectivity index (χ1) is 6.81. The second-order valence-corrected chi connectivity index (χ2v) is 5.14. The topological polar surface area (TPSA) is 26.3 Å². The molecule has 1 fully saturated rings. The van der Waals surface area contributed by atoms with Gasteiger partial charge in [0, 0.05) is 6.08 Å². The molecule has 1 saturated carbocycles. The lowest BCUT2D eigenvalue weighted by atomic mass is 9.79. The van der Waals surface area contributed by atoms with Crippen LogP contribution in [0.15, 0.2) is 12.2 Å². The number of alkyl halides is 1. The summed E-state index contributed by atoms with van der Waals surface area (Å²) < 4.78 is 18.5. The molecule has 15 heavy (non-hydrogen) atoms. The van der Waals surface area contributed by atoms with E-state index in [2.05, 4.69) is 0 Å². The van der Waals surface area contributed by atoms with Crippen LogP contribution in [0.4, 0.5) is 4.39 Å². The molecule has 3 heteroatoms. The van der Waals surface area contributed by atoms with Gasteiger partial charge in [0.1, 0.15) is 11.3 Å². The number of carbonyl (C=O) groups excluding carboxylic acids is 1. The first-order valence-corrected chi connectivity index (χ1v) is 5.39. The predicted molar refractivity (Wildman–Crippen MR) is 57.3 cm³/mol. The number of allylic oxidation sites excluding steroid dienone is 1. The van der Waals surface area contributed by atoms with Crippen molar-refractivity contribution in [2.24, 2.45) is 0 Å². The van der Waals surface area contributed by atoms with E-state index in [1.165, 1.54) is 6.08 Å². The van der Waals surface area contributed by atoms with Crippen molar-refractivity contribution in [2.45, 2.75) is 57.7 Å². The Bertz CT molecular complexity index is 259. The van der Waals surface area contributed by atoms with Gasteiger partial charge in [-0.15, -0.1) is 0 Å². The number of hydrogen-bond acceptors (Lipinski definition) is 2. The van der Waals surface area contributed by atoms with E-state index in [1.54, 1.807) is 26.8 Å². The highest BCUT2D eigenvalue weighted by molar-refractivity contribution is 5.82. The molecule has 0 aromatic carbocycles. The van der Waals surface area contributed by atoms with Crippen molar-refractivity contribution in [1.82, 2.24) is 0 Å². The molecule has 0 saturated heterocycles. The minimum atomic E-state index is -1.06. The van der Waals surface area contributed by atoms with Crippen molar-refractivity contribution in [3.8, 4) is 0 Å². The van der Waals surface area contributed by atoms with Gasteiger partial charge in [0.15, 0.2) is 0 Å². The third-order valence-electron chi connectivity index (χ3n) is 2.39. The second-order valence-electron chi connectivity index (χ2n) is 5.14. The lowest BCUT2D eigenvalue weighted by molar-refractivity contribution is -0.148. The van der Waals surface area contributed by atoms with Crippen LogP contribution in [0.5, 0.6) is 0 Å². The van der Waals surface area contributed by atoms with E-state index in [0.29, 0.717) is 19.3 Å². The largest absolute Gasteiger partial charge is 0.457 e. The molecule has 0 N–H and O–H groups in total. The van der Waals surface area contributed by atoms with Crippen LogP contribution in [-0.2, 0) is 9.53 Å². The Morgan fingerprint density at radius 2 is 2.07 bits per heavy atom. The van der Waals surface area contributed by atoms with E-state index in [0.717, 1.165) is 6.42 Å². The Hall–Kier alpha value is -0.860. The molecule has 0 aromatic heterocycles. The van der Waals surface area contributed by atoms with E-state index in [9.17, 15) is 9.18 Å². The predicted octanol–water partition coefficient (Wildman–Crippen LogP) is 3.17. The molecular formula is C12H19FO2. The Morgan fingerprint density at radius 1 is 1.47 bits per heavy atom. The van der Waals surface area contributed by atoms with Crippen molar-refractivity contribution < 1.29 is 13.9 Å². The van der Waals surface area contributed by atoms with Crippen molar-refractivity contribution in [3.63, 3.8) is 0 Å². The molecule has 1 aliphatic carbocycles. The zero-order valence-electron chi connectivity index (χ0n) is 9.68. The fourth-order valence-corrected chi connectivity index (χ4v) is 1.47. The van der Waals surface area contributed by atoms with Gasteiger partial charge in [-0.25, -0.2) is 9.18 Å². The Labute approximate surface area is 90.5 Å². The molecule has 1 aliphatic rings. The summed E-state index contributed by atoms with van der Waals surface area (Å²) in [7, 11) is 0. The van der Waals surface area contributed by atoms with Crippen LogP contribution in [0.2, 0.25) is 0 Å². The highest BCUT2D eigenvalue weighted by atomic mass is 19.1. The molecule has 0 bridgehead atoms. The van der Waals surface area contributed by atoms with Crippen LogP contribution in [0.1, 0.15) is 46.5 Å².